The van der Waals surface area contributed by atoms with Crippen molar-refractivity contribution in [3.63, 3.8) is 0 Å². The number of hydrogen-bond donors (Lipinski definition) is 1. The molecule has 0 spiro atoms. The number of rotatable bonds is 3. The van der Waals surface area contributed by atoms with Crippen molar-refractivity contribution in [3.8, 4) is 0 Å². The average Bonchev–Trinajstić information content (AvgIpc) is 2.78. The molecule has 8 heteroatoms. The molecule has 2 aromatic rings. The maximum atomic E-state index is 12.7. The molecule has 3 rings (SSSR count). The van der Waals surface area contributed by atoms with Gasteiger partial charge in [-0.25, -0.2) is 14.6 Å². The first kappa shape index (κ1) is 15.3. The summed E-state index contributed by atoms with van der Waals surface area (Å²) >= 11 is 0. The molecule has 0 saturated carbocycles. The molecule has 3 amide bonds. The van der Waals surface area contributed by atoms with Crippen molar-refractivity contribution >= 4 is 34.8 Å². The van der Waals surface area contributed by atoms with E-state index in [1.165, 1.54) is 18.2 Å². The number of amidine groups is 1. The summed E-state index contributed by atoms with van der Waals surface area (Å²) in [7, 11) is 0. The minimum atomic E-state index is -0.780. The monoisotopic (exact) mass is 324 g/mol. The van der Waals surface area contributed by atoms with Gasteiger partial charge < -0.3 is 0 Å². The molecule has 1 N–H and O–H groups in total. The van der Waals surface area contributed by atoms with Crippen molar-refractivity contribution in [1.29, 1.82) is 5.41 Å². The van der Waals surface area contributed by atoms with Gasteiger partial charge in [-0.1, -0.05) is 24.3 Å². The first-order chi connectivity index (χ1) is 11.4. The number of nitrogens with one attached hydrogen (secondary N) is 1. The van der Waals surface area contributed by atoms with Gasteiger partial charge in [-0.2, -0.15) is 0 Å². The van der Waals surface area contributed by atoms with Gasteiger partial charge in [-0.3, -0.25) is 20.3 Å². The number of urea groups is 1. The van der Waals surface area contributed by atoms with Gasteiger partial charge in [0.1, 0.15) is 0 Å². The molecular formula is C16H12N4O4. The van der Waals surface area contributed by atoms with Gasteiger partial charge in [-0.05, 0) is 24.6 Å². The Balaban J connectivity index is 2.09. The summed E-state index contributed by atoms with van der Waals surface area (Å²) in [6, 6.07) is 11.5. The highest BCUT2D eigenvalue weighted by Crippen LogP contribution is 2.31. The third-order valence-corrected chi connectivity index (χ3v) is 3.67. The Bertz CT molecular complexity index is 879. The average molecular weight is 324 g/mol. The molecule has 24 heavy (non-hydrogen) atoms. The number of carbonyl (C=O) groups is 2. The summed E-state index contributed by atoms with van der Waals surface area (Å²) < 4.78 is 0. The number of nitrogens with zero attached hydrogens (tertiary/aromatic N) is 3. The van der Waals surface area contributed by atoms with E-state index >= 15 is 0 Å². The van der Waals surface area contributed by atoms with Crippen LogP contribution >= 0.6 is 0 Å². The molecular weight excluding hydrogens is 312 g/mol. The van der Waals surface area contributed by atoms with Crippen LogP contribution in [0.3, 0.4) is 0 Å². The fraction of sp³-hybridized carbons (Fsp3) is 0.0625. The topological polar surface area (TPSA) is 108 Å². The highest BCUT2D eigenvalue weighted by molar-refractivity contribution is 6.61. The lowest BCUT2D eigenvalue weighted by Crippen LogP contribution is -2.33. The zero-order valence-corrected chi connectivity index (χ0v) is 12.6. The molecule has 0 radical (unpaired) electrons. The predicted octanol–water partition coefficient (Wildman–Crippen LogP) is 2.85. The molecule has 0 aromatic heterocycles. The largest absolute Gasteiger partial charge is 0.342 e. The smallest absolute Gasteiger partial charge is 0.279 e. The maximum Gasteiger partial charge on any atom is 0.342 e. The molecule has 0 aliphatic carbocycles. The molecule has 1 aliphatic heterocycles. The van der Waals surface area contributed by atoms with Gasteiger partial charge in [-0.15, -0.1) is 0 Å². The summed E-state index contributed by atoms with van der Waals surface area (Å²) in [4.78, 5) is 37.1. The highest BCUT2D eigenvalue weighted by atomic mass is 16.6. The van der Waals surface area contributed by atoms with E-state index in [2.05, 4.69) is 0 Å². The number of imide groups is 1. The van der Waals surface area contributed by atoms with Crippen LogP contribution in [-0.2, 0) is 4.79 Å². The summed E-state index contributed by atoms with van der Waals surface area (Å²) in [5.74, 6) is -1.33. The van der Waals surface area contributed by atoms with Crippen LogP contribution in [0.1, 0.15) is 5.56 Å². The Morgan fingerprint density at radius 1 is 1.04 bits per heavy atom. The molecule has 1 fully saturated rings. The Kier molecular flexibility index (Phi) is 3.57. The Morgan fingerprint density at radius 2 is 1.71 bits per heavy atom. The maximum absolute atomic E-state index is 12.7. The Hall–Kier alpha value is -3.55. The molecule has 1 heterocycles. The molecule has 2 aromatic carbocycles. The zero-order chi connectivity index (χ0) is 17.4. The van der Waals surface area contributed by atoms with Crippen LogP contribution in [0.4, 0.5) is 21.9 Å². The lowest BCUT2D eigenvalue weighted by atomic mass is 10.1. The SMILES string of the molecule is Cc1ccc([N+](=O)[O-])cc1N1C(=N)C(=O)N(c2ccccc2)C1=O. The van der Waals surface area contributed by atoms with E-state index in [-0.39, 0.29) is 11.4 Å². The van der Waals surface area contributed by atoms with Gasteiger partial charge >= 0.3 is 11.9 Å². The molecule has 1 aliphatic rings. The van der Waals surface area contributed by atoms with Crippen LogP contribution in [0.2, 0.25) is 0 Å². The van der Waals surface area contributed by atoms with Crippen molar-refractivity contribution in [2.45, 2.75) is 6.92 Å². The second-order valence-corrected chi connectivity index (χ2v) is 5.17. The predicted molar refractivity (Wildman–Crippen MR) is 87.4 cm³/mol. The lowest BCUT2D eigenvalue weighted by Gasteiger charge is -2.18. The molecule has 0 atom stereocenters. The Morgan fingerprint density at radius 3 is 2.33 bits per heavy atom. The van der Waals surface area contributed by atoms with Crippen molar-refractivity contribution in [2.24, 2.45) is 0 Å². The van der Waals surface area contributed by atoms with E-state index in [1.54, 1.807) is 37.3 Å². The fourth-order valence-corrected chi connectivity index (χ4v) is 2.46. The minimum absolute atomic E-state index is 0.144. The quantitative estimate of drug-likeness (QED) is 0.532. The number of anilines is 2. The van der Waals surface area contributed by atoms with E-state index in [9.17, 15) is 19.7 Å². The number of amides is 3. The van der Waals surface area contributed by atoms with E-state index in [0.717, 1.165) is 9.80 Å². The molecule has 1 saturated heterocycles. The van der Waals surface area contributed by atoms with Crippen LogP contribution in [0.15, 0.2) is 48.5 Å². The molecule has 8 nitrogen and oxygen atoms in total. The number of carbonyl (C=O) groups excluding carboxylic acids is 2. The van der Waals surface area contributed by atoms with Crippen molar-refractivity contribution in [3.05, 3.63) is 64.2 Å². The number of hydrogen-bond acceptors (Lipinski definition) is 5. The van der Waals surface area contributed by atoms with Crippen molar-refractivity contribution in [2.75, 3.05) is 9.80 Å². The summed E-state index contributed by atoms with van der Waals surface area (Å²) in [6.45, 7) is 1.65. The second-order valence-electron chi connectivity index (χ2n) is 5.17. The van der Waals surface area contributed by atoms with Crippen LogP contribution < -0.4 is 9.80 Å². The summed E-state index contributed by atoms with van der Waals surface area (Å²) in [6.07, 6.45) is 0. The summed E-state index contributed by atoms with van der Waals surface area (Å²) in [5, 5.41) is 18.9. The second kappa shape index (κ2) is 5.58. The third-order valence-electron chi connectivity index (χ3n) is 3.67. The molecule has 120 valence electrons. The normalized spacial score (nSPS) is 14.5. The van der Waals surface area contributed by atoms with E-state index in [4.69, 9.17) is 5.41 Å². The van der Waals surface area contributed by atoms with Gasteiger partial charge in [0.25, 0.3) is 5.69 Å². The van der Waals surface area contributed by atoms with Crippen LogP contribution in [0, 0.1) is 22.4 Å². The number of nitro groups is 1. The Labute approximate surface area is 136 Å². The van der Waals surface area contributed by atoms with Crippen LogP contribution in [-0.4, -0.2) is 22.7 Å². The lowest BCUT2D eigenvalue weighted by molar-refractivity contribution is -0.384. The van der Waals surface area contributed by atoms with Gasteiger partial charge in [0.15, 0.2) is 0 Å². The van der Waals surface area contributed by atoms with Crippen molar-refractivity contribution in [1.82, 2.24) is 0 Å². The number of aryl methyl sites for hydroxylation is 1. The van der Waals surface area contributed by atoms with Crippen molar-refractivity contribution < 1.29 is 14.5 Å². The number of nitro benzene ring substituents is 1. The molecule has 0 unspecified atom stereocenters. The van der Waals surface area contributed by atoms with Gasteiger partial charge in [0.2, 0.25) is 5.84 Å². The summed E-state index contributed by atoms with van der Waals surface area (Å²) in [5.41, 5.74) is 0.803. The van der Waals surface area contributed by atoms with Crippen LogP contribution in [0.5, 0.6) is 0 Å². The minimum Gasteiger partial charge on any atom is -0.279 e. The van der Waals surface area contributed by atoms with Crippen LogP contribution in [0.25, 0.3) is 0 Å². The van der Waals surface area contributed by atoms with E-state index in [0.29, 0.717) is 11.3 Å². The number of para-hydroxylation sites is 1. The standard InChI is InChI=1S/C16H12N4O4/c1-10-7-8-12(20(23)24)9-13(10)19-14(17)15(21)18(16(19)22)11-5-3-2-4-6-11/h2-9,17H,1H3. The first-order valence-corrected chi connectivity index (χ1v) is 6.99. The molecule has 0 bridgehead atoms. The fourth-order valence-electron chi connectivity index (χ4n) is 2.46. The van der Waals surface area contributed by atoms with Gasteiger partial charge in [0, 0.05) is 12.1 Å². The third kappa shape index (κ3) is 2.30. The van der Waals surface area contributed by atoms with Gasteiger partial charge in [0.05, 0.1) is 16.3 Å². The van der Waals surface area contributed by atoms with E-state index < -0.39 is 22.7 Å². The number of benzene rings is 2. The van der Waals surface area contributed by atoms with E-state index in [1.807, 2.05) is 0 Å². The first-order valence-electron chi connectivity index (χ1n) is 6.99. The number of non-ortho nitro benzene ring substituents is 1. The zero-order valence-electron chi connectivity index (χ0n) is 12.6. The highest BCUT2D eigenvalue weighted by Gasteiger charge is 2.44.